The molecule has 0 unspecified atom stereocenters. The molecule has 0 saturated carbocycles. The molecule has 7 heteroatoms. The zero-order chi connectivity index (χ0) is 27.0. The molecular formula is C31H42FN3O3. The van der Waals surface area contributed by atoms with Crippen LogP contribution in [0.25, 0.3) is 0 Å². The first kappa shape index (κ1) is 28.1. The highest BCUT2D eigenvalue weighted by Gasteiger charge is 2.41. The molecule has 2 amide bonds. The number of rotatable bonds is 5. The van der Waals surface area contributed by atoms with Crippen molar-refractivity contribution in [3.05, 3.63) is 65.5 Å². The van der Waals surface area contributed by atoms with Gasteiger partial charge in [-0.05, 0) is 80.9 Å². The fourth-order valence-corrected chi connectivity index (χ4v) is 5.59. The number of benzene rings is 2. The highest BCUT2D eigenvalue weighted by molar-refractivity contribution is 5.83. The maximum Gasteiger partial charge on any atom is 0.234 e. The number of amides is 2. The summed E-state index contributed by atoms with van der Waals surface area (Å²) in [6.07, 6.45) is 6.13. The second-order valence-electron chi connectivity index (χ2n) is 11.5. The van der Waals surface area contributed by atoms with Gasteiger partial charge in [-0.1, -0.05) is 50.6 Å². The van der Waals surface area contributed by atoms with Crippen molar-refractivity contribution in [2.75, 3.05) is 39.3 Å². The van der Waals surface area contributed by atoms with Crippen molar-refractivity contribution < 1.29 is 18.7 Å². The number of hydrogen-bond acceptors (Lipinski definition) is 4. The van der Waals surface area contributed by atoms with Crippen LogP contribution in [0.2, 0.25) is 0 Å². The maximum absolute atomic E-state index is 13.3. The van der Waals surface area contributed by atoms with E-state index in [9.17, 15) is 14.0 Å². The van der Waals surface area contributed by atoms with Crippen molar-refractivity contribution in [3.63, 3.8) is 0 Å². The third-order valence-corrected chi connectivity index (χ3v) is 8.20. The number of halogens is 1. The van der Waals surface area contributed by atoms with Crippen LogP contribution < -0.4 is 15.4 Å². The predicted molar refractivity (Wildman–Crippen MR) is 148 cm³/mol. The van der Waals surface area contributed by atoms with Gasteiger partial charge in [-0.3, -0.25) is 14.5 Å². The van der Waals surface area contributed by atoms with Crippen LogP contribution >= 0.6 is 0 Å². The molecule has 2 aromatic carbocycles. The summed E-state index contributed by atoms with van der Waals surface area (Å²) < 4.78 is 19.3. The van der Waals surface area contributed by atoms with E-state index >= 15 is 0 Å². The van der Waals surface area contributed by atoms with Gasteiger partial charge in [-0.15, -0.1) is 0 Å². The number of piperidine rings is 1. The molecule has 0 radical (unpaired) electrons. The van der Waals surface area contributed by atoms with Gasteiger partial charge in [0.2, 0.25) is 11.8 Å². The van der Waals surface area contributed by atoms with E-state index in [1.54, 1.807) is 12.1 Å². The van der Waals surface area contributed by atoms with E-state index in [1.807, 2.05) is 26.0 Å². The summed E-state index contributed by atoms with van der Waals surface area (Å²) in [6.45, 7) is 7.54. The highest BCUT2D eigenvalue weighted by Crippen LogP contribution is 2.37. The molecule has 1 fully saturated rings. The van der Waals surface area contributed by atoms with Gasteiger partial charge in [0.05, 0.1) is 18.6 Å². The number of hydrogen-bond donors (Lipinski definition) is 2. The standard InChI is InChI=1S/C31H42FN3O3/c1-30(2,25-11-13-26(32)14-12-25)23-34-28(36)22-35-19-16-31(17-20-35)15-6-5-9-24-8-3-4-10-27(24)38-21-7-18-33-29(31)37/h3-4,8,10-14H,5-7,9,15-23H2,1-2H3,(H,33,37)(H,34,36). The molecule has 6 nitrogen and oxygen atoms in total. The lowest BCUT2D eigenvalue weighted by Crippen LogP contribution is -2.51. The second-order valence-corrected chi connectivity index (χ2v) is 11.5. The molecule has 38 heavy (non-hydrogen) atoms. The summed E-state index contributed by atoms with van der Waals surface area (Å²) in [6, 6.07) is 14.7. The summed E-state index contributed by atoms with van der Waals surface area (Å²) in [5.41, 5.74) is 1.55. The van der Waals surface area contributed by atoms with Crippen molar-refractivity contribution in [1.82, 2.24) is 15.5 Å². The van der Waals surface area contributed by atoms with E-state index in [2.05, 4.69) is 27.7 Å². The number of carbonyl (C=O) groups excluding carboxylic acids is 2. The summed E-state index contributed by atoms with van der Waals surface area (Å²) in [7, 11) is 0. The van der Waals surface area contributed by atoms with Crippen molar-refractivity contribution in [1.29, 1.82) is 0 Å². The van der Waals surface area contributed by atoms with Crippen molar-refractivity contribution in [3.8, 4) is 5.75 Å². The smallest absolute Gasteiger partial charge is 0.234 e. The van der Waals surface area contributed by atoms with Crippen LogP contribution in [0.15, 0.2) is 48.5 Å². The van der Waals surface area contributed by atoms with E-state index in [0.717, 1.165) is 69.3 Å². The normalized spacial score (nSPS) is 19.2. The van der Waals surface area contributed by atoms with Crippen LogP contribution in [0.1, 0.15) is 63.5 Å². The van der Waals surface area contributed by atoms with Crippen LogP contribution in [0.3, 0.4) is 0 Å². The molecule has 0 atom stereocenters. The predicted octanol–water partition coefficient (Wildman–Crippen LogP) is 4.61. The Morgan fingerprint density at radius 2 is 1.79 bits per heavy atom. The number of ether oxygens (including phenoxy) is 1. The molecule has 206 valence electrons. The zero-order valence-electron chi connectivity index (χ0n) is 22.9. The Bertz CT molecular complexity index is 1080. The zero-order valence-corrected chi connectivity index (χ0v) is 22.9. The largest absolute Gasteiger partial charge is 0.493 e. The first-order valence-electron chi connectivity index (χ1n) is 14.0. The molecule has 1 spiro atoms. The van der Waals surface area contributed by atoms with Gasteiger partial charge < -0.3 is 15.4 Å². The van der Waals surface area contributed by atoms with E-state index < -0.39 is 0 Å². The van der Waals surface area contributed by atoms with Crippen LogP contribution in [-0.2, 0) is 21.4 Å². The molecule has 0 bridgehead atoms. The Morgan fingerprint density at radius 3 is 2.55 bits per heavy atom. The fraction of sp³-hybridized carbons (Fsp3) is 0.548. The Labute approximate surface area is 226 Å². The molecular weight excluding hydrogens is 481 g/mol. The van der Waals surface area contributed by atoms with Crippen molar-refractivity contribution >= 4 is 11.8 Å². The molecule has 2 heterocycles. The van der Waals surface area contributed by atoms with Crippen molar-refractivity contribution in [2.45, 2.75) is 64.2 Å². The Kier molecular flexibility index (Phi) is 9.42. The van der Waals surface area contributed by atoms with E-state index in [4.69, 9.17) is 4.74 Å². The number of nitrogens with zero attached hydrogens (tertiary/aromatic N) is 1. The van der Waals surface area contributed by atoms with Gasteiger partial charge in [-0.2, -0.15) is 0 Å². The minimum atomic E-state index is -0.369. The molecule has 2 aliphatic heterocycles. The quantitative estimate of drug-likeness (QED) is 0.600. The van der Waals surface area contributed by atoms with Gasteiger partial charge >= 0.3 is 0 Å². The van der Waals surface area contributed by atoms with Gasteiger partial charge in [0.15, 0.2) is 0 Å². The molecule has 4 rings (SSSR count). The van der Waals surface area contributed by atoms with Crippen molar-refractivity contribution in [2.24, 2.45) is 5.41 Å². The maximum atomic E-state index is 13.3. The lowest BCUT2D eigenvalue weighted by atomic mass is 9.73. The van der Waals surface area contributed by atoms with E-state index in [0.29, 0.717) is 26.2 Å². The third kappa shape index (κ3) is 7.34. The summed E-state index contributed by atoms with van der Waals surface area (Å²) in [5, 5.41) is 6.23. The van der Waals surface area contributed by atoms with Crippen LogP contribution in [0, 0.1) is 11.2 Å². The van der Waals surface area contributed by atoms with Crippen LogP contribution in [-0.4, -0.2) is 56.0 Å². The number of likely N-dealkylation sites (tertiary alicyclic amines) is 1. The molecule has 2 aliphatic rings. The second kappa shape index (κ2) is 12.7. The average Bonchev–Trinajstić information content (AvgIpc) is 2.92. The van der Waals surface area contributed by atoms with E-state index in [1.165, 1.54) is 17.7 Å². The van der Waals surface area contributed by atoms with Crippen LogP contribution in [0.5, 0.6) is 5.75 Å². The lowest BCUT2D eigenvalue weighted by molar-refractivity contribution is -0.135. The van der Waals surface area contributed by atoms with Crippen LogP contribution in [0.4, 0.5) is 4.39 Å². The third-order valence-electron chi connectivity index (χ3n) is 8.20. The molecule has 2 aromatic rings. The number of carbonyl (C=O) groups is 2. The summed E-state index contributed by atoms with van der Waals surface area (Å²) in [5.74, 6) is 0.829. The Morgan fingerprint density at radius 1 is 1.05 bits per heavy atom. The fourth-order valence-electron chi connectivity index (χ4n) is 5.59. The molecule has 2 N–H and O–H groups in total. The van der Waals surface area contributed by atoms with Gasteiger partial charge in [-0.25, -0.2) is 4.39 Å². The Balaban J connectivity index is 1.29. The summed E-state index contributed by atoms with van der Waals surface area (Å²) >= 11 is 0. The first-order valence-corrected chi connectivity index (χ1v) is 14.0. The minimum absolute atomic E-state index is 0.0193. The lowest BCUT2D eigenvalue weighted by Gasteiger charge is -2.40. The minimum Gasteiger partial charge on any atom is -0.493 e. The van der Waals surface area contributed by atoms with Gasteiger partial charge in [0.25, 0.3) is 0 Å². The number of nitrogens with one attached hydrogen (secondary N) is 2. The average molecular weight is 524 g/mol. The van der Waals surface area contributed by atoms with Gasteiger partial charge in [0.1, 0.15) is 11.6 Å². The molecule has 0 aliphatic carbocycles. The topological polar surface area (TPSA) is 70.7 Å². The monoisotopic (exact) mass is 523 g/mol. The Hall–Kier alpha value is -2.93. The number of aryl methyl sites for hydroxylation is 1. The molecule has 1 saturated heterocycles. The first-order chi connectivity index (χ1) is 18.3. The van der Waals surface area contributed by atoms with E-state index in [-0.39, 0.29) is 28.5 Å². The summed E-state index contributed by atoms with van der Waals surface area (Å²) in [4.78, 5) is 28.3. The number of para-hydroxylation sites is 1. The highest BCUT2D eigenvalue weighted by atomic mass is 19.1. The van der Waals surface area contributed by atoms with Gasteiger partial charge in [0, 0.05) is 18.5 Å². The SMILES string of the molecule is CC(C)(CNC(=O)CN1CCC2(CCCCc3ccccc3OCCCNC2=O)CC1)c1ccc(F)cc1. The molecule has 0 aromatic heterocycles. The number of fused-ring (bicyclic) bond motifs is 1.